The van der Waals surface area contributed by atoms with Crippen molar-refractivity contribution in [2.45, 2.75) is 0 Å². The lowest BCUT2D eigenvalue weighted by Crippen LogP contribution is -2.01. The van der Waals surface area contributed by atoms with Crippen LogP contribution in [0, 0.1) is 0 Å². The van der Waals surface area contributed by atoms with E-state index in [0.29, 0.717) is 5.70 Å². The van der Waals surface area contributed by atoms with E-state index in [9.17, 15) is 0 Å². The third-order valence-corrected chi connectivity index (χ3v) is 0.914. The van der Waals surface area contributed by atoms with Crippen LogP contribution in [0.2, 0.25) is 0 Å². The van der Waals surface area contributed by atoms with Crippen LogP contribution < -0.4 is 5.73 Å². The van der Waals surface area contributed by atoms with E-state index in [0.717, 1.165) is 5.57 Å². The Balaban J connectivity index is 2.78. The van der Waals surface area contributed by atoms with Crippen LogP contribution in [-0.4, -0.2) is 0 Å². The smallest absolute Gasteiger partial charge is 0.114 e. The van der Waals surface area contributed by atoms with Crippen molar-refractivity contribution < 1.29 is 4.74 Å². The van der Waals surface area contributed by atoms with Crippen molar-refractivity contribution in [1.29, 1.82) is 0 Å². The minimum absolute atomic E-state index is 0.590. The summed E-state index contributed by atoms with van der Waals surface area (Å²) < 4.78 is 4.72. The summed E-state index contributed by atoms with van der Waals surface area (Å²) in [6, 6.07) is 0. The molecule has 0 aromatic rings. The average Bonchev–Trinajstić information content (AvgIpc) is 1.77. The van der Waals surface area contributed by atoms with Gasteiger partial charge in [0.15, 0.2) is 0 Å². The van der Waals surface area contributed by atoms with E-state index in [2.05, 4.69) is 6.58 Å². The Kier molecular flexibility index (Phi) is 1.08. The second-order valence-corrected chi connectivity index (χ2v) is 1.54. The fraction of sp³-hybridized carbons (Fsp3) is 0. The standard InChI is InChI=1S/C6H7NO/c1-5-2-3-8-4-6(5)7/h2-4H,1,7H2. The number of nitrogens with two attached hydrogens (primary N) is 1. The van der Waals surface area contributed by atoms with Crippen molar-refractivity contribution in [3.8, 4) is 0 Å². The van der Waals surface area contributed by atoms with E-state index in [1.165, 1.54) is 6.26 Å². The molecule has 0 bridgehead atoms. The molecule has 0 amide bonds. The first-order valence-electron chi connectivity index (χ1n) is 2.27. The Labute approximate surface area is 47.9 Å². The molecule has 0 saturated carbocycles. The zero-order valence-corrected chi connectivity index (χ0v) is 4.42. The summed E-state index contributed by atoms with van der Waals surface area (Å²) in [7, 11) is 0. The second-order valence-electron chi connectivity index (χ2n) is 1.54. The van der Waals surface area contributed by atoms with Crippen LogP contribution in [0.15, 0.2) is 36.4 Å². The minimum Gasteiger partial charge on any atom is -0.470 e. The number of hydrogen-bond acceptors (Lipinski definition) is 2. The predicted molar refractivity (Wildman–Crippen MR) is 31.6 cm³/mol. The lowest BCUT2D eigenvalue weighted by Gasteiger charge is -2.03. The molecule has 8 heavy (non-hydrogen) atoms. The van der Waals surface area contributed by atoms with Gasteiger partial charge in [0, 0.05) is 0 Å². The number of allylic oxidation sites excluding steroid dienone is 1. The number of ether oxygens (including phenoxy) is 1. The van der Waals surface area contributed by atoms with Crippen molar-refractivity contribution in [3.63, 3.8) is 0 Å². The van der Waals surface area contributed by atoms with Crippen molar-refractivity contribution in [2.75, 3.05) is 0 Å². The van der Waals surface area contributed by atoms with E-state index < -0.39 is 0 Å². The largest absolute Gasteiger partial charge is 0.470 e. The molecule has 0 aliphatic carbocycles. The van der Waals surface area contributed by atoms with Crippen molar-refractivity contribution in [3.05, 3.63) is 36.4 Å². The van der Waals surface area contributed by atoms with E-state index in [-0.39, 0.29) is 0 Å². The molecule has 1 rings (SSSR count). The molecular weight excluding hydrogens is 102 g/mol. The van der Waals surface area contributed by atoms with Crippen molar-refractivity contribution >= 4 is 0 Å². The summed E-state index contributed by atoms with van der Waals surface area (Å²) in [5.41, 5.74) is 6.76. The fourth-order valence-electron chi connectivity index (χ4n) is 0.406. The van der Waals surface area contributed by atoms with Gasteiger partial charge < -0.3 is 10.5 Å². The Hall–Kier alpha value is -1.18. The van der Waals surface area contributed by atoms with Crippen molar-refractivity contribution in [2.24, 2.45) is 5.73 Å². The molecule has 0 fully saturated rings. The lowest BCUT2D eigenvalue weighted by atomic mass is 10.2. The summed E-state index contributed by atoms with van der Waals surface area (Å²) >= 11 is 0. The molecule has 0 aromatic carbocycles. The van der Waals surface area contributed by atoms with E-state index in [1.54, 1.807) is 12.3 Å². The molecule has 2 nitrogen and oxygen atoms in total. The van der Waals surface area contributed by atoms with Gasteiger partial charge in [-0.3, -0.25) is 0 Å². The molecule has 1 aliphatic heterocycles. The maximum atomic E-state index is 5.36. The fourth-order valence-corrected chi connectivity index (χ4v) is 0.406. The van der Waals surface area contributed by atoms with Gasteiger partial charge in [-0.05, 0) is 11.6 Å². The first kappa shape index (κ1) is 4.97. The summed E-state index contributed by atoms with van der Waals surface area (Å²) in [5, 5.41) is 0. The molecule has 42 valence electrons. The third-order valence-electron chi connectivity index (χ3n) is 0.914. The Morgan fingerprint density at radius 2 is 2.38 bits per heavy atom. The molecule has 0 aromatic heterocycles. The van der Waals surface area contributed by atoms with Gasteiger partial charge in [-0.2, -0.15) is 0 Å². The molecule has 0 spiro atoms. The van der Waals surface area contributed by atoms with Crippen molar-refractivity contribution in [1.82, 2.24) is 0 Å². The van der Waals surface area contributed by atoms with Gasteiger partial charge in [0.25, 0.3) is 0 Å². The number of hydrogen-bond donors (Lipinski definition) is 1. The van der Waals surface area contributed by atoms with Crippen LogP contribution in [0.3, 0.4) is 0 Å². The average molecular weight is 109 g/mol. The molecule has 0 unspecified atom stereocenters. The highest BCUT2D eigenvalue weighted by atomic mass is 16.5. The molecule has 0 atom stereocenters. The molecule has 2 N–H and O–H groups in total. The van der Waals surface area contributed by atoms with Gasteiger partial charge in [0.2, 0.25) is 0 Å². The van der Waals surface area contributed by atoms with Gasteiger partial charge in [0.05, 0.1) is 12.0 Å². The van der Waals surface area contributed by atoms with Crippen LogP contribution in [0.4, 0.5) is 0 Å². The summed E-state index contributed by atoms with van der Waals surface area (Å²) in [6.07, 6.45) is 4.72. The predicted octanol–water partition coefficient (Wildman–Crippen LogP) is 0.887. The monoisotopic (exact) mass is 109 g/mol. The first-order chi connectivity index (χ1) is 3.80. The molecule has 1 heterocycles. The van der Waals surface area contributed by atoms with Crippen LogP contribution in [0.25, 0.3) is 0 Å². The second kappa shape index (κ2) is 1.74. The van der Waals surface area contributed by atoms with Gasteiger partial charge in [-0.25, -0.2) is 0 Å². The molecule has 1 aliphatic rings. The Morgan fingerprint density at radius 1 is 1.62 bits per heavy atom. The van der Waals surface area contributed by atoms with Crippen LogP contribution in [0.5, 0.6) is 0 Å². The SMILES string of the molecule is C=C1C=COC=C1N. The molecule has 0 radical (unpaired) electrons. The van der Waals surface area contributed by atoms with E-state index in [1.807, 2.05) is 0 Å². The van der Waals surface area contributed by atoms with Crippen LogP contribution in [0.1, 0.15) is 0 Å². The summed E-state index contributed by atoms with van der Waals surface area (Å²) in [5.74, 6) is 0. The maximum Gasteiger partial charge on any atom is 0.114 e. The topological polar surface area (TPSA) is 35.2 Å². The first-order valence-corrected chi connectivity index (χ1v) is 2.27. The van der Waals surface area contributed by atoms with Gasteiger partial charge in [0.1, 0.15) is 6.26 Å². The molecule has 0 saturated heterocycles. The lowest BCUT2D eigenvalue weighted by molar-refractivity contribution is 0.393. The van der Waals surface area contributed by atoms with E-state index >= 15 is 0 Å². The summed E-state index contributed by atoms with van der Waals surface area (Å²) in [4.78, 5) is 0. The minimum atomic E-state index is 0.590. The Morgan fingerprint density at radius 3 is 2.75 bits per heavy atom. The normalized spacial score (nSPS) is 17.5. The van der Waals surface area contributed by atoms with Gasteiger partial charge >= 0.3 is 0 Å². The zero-order chi connectivity index (χ0) is 5.98. The van der Waals surface area contributed by atoms with E-state index in [4.69, 9.17) is 10.5 Å². The Bertz CT molecular complexity index is 167. The highest BCUT2D eigenvalue weighted by molar-refractivity contribution is 5.35. The van der Waals surface area contributed by atoms with Crippen LogP contribution in [-0.2, 0) is 4.74 Å². The van der Waals surface area contributed by atoms with Gasteiger partial charge in [-0.15, -0.1) is 0 Å². The quantitative estimate of drug-likeness (QED) is 0.501. The molecular formula is C6H7NO. The highest BCUT2D eigenvalue weighted by Crippen LogP contribution is 2.07. The third kappa shape index (κ3) is 0.729. The highest BCUT2D eigenvalue weighted by Gasteiger charge is 1.95. The van der Waals surface area contributed by atoms with Crippen LogP contribution >= 0.6 is 0 Å². The number of rotatable bonds is 0. The zero-order valence-electron chi connectivity index (χ0n) is 4.42. The molecule has 2 heteroatoms. The maximum absolute atomic E-state index is 5.36. The van der Waals surface area contributed by atoms with Gasteiger partial charge in [-0.1, -0.05) is 6.58 Å². The summed E-state index contributed by atoms with van der Waals surface area (Å²) in [6.45, 7) is 3.64.